The van der Waals surface area contributed by atoms with Crippen molar-refractivity contribution in [3.8, 4) is 0 Å². The third kappa shape index (κ3) is 3.17. The van der Waals surface area contributed by atoms with Gasteiger partial charge in [-0.05, 0) is 20.3 Å². The van der Waals surface area contributed by atoms with E-state index in [1.165, 1.54) is 12.3 Å². The molecule has 0 aromatic rings. The van der Waals surface area contributed by atoms with Crippen LogP contribution < -0.4 is 5.73 Å². The van der Waals surface area contributed by atoms with Gasteiger partial charge in [-0.15, -0.1) is 0 Å². The van der Waals surface area contributed by atoms with Crippen LogP contribution in [0.1, 0.15) is 27.2 Å². The lowest BCUT2D eigenvalue weighted by Gasteiger charge is -2.07. The van der Waals surface area contributed by atoms with Crippen LogP contribution in [-0.4, -0.2) is 5.84 Å². The molecule has 0 fully saturated rings. The summed E-state index contributed by atoms with van der Waals surface area (Å²) >= 11 is 0. The van der Waals surface area contributed by atoms with E-state index in [9.17, 15) is 4.39 Å². The van der Waals surface area contributed by atoms with Crippen LogP contribution in [0.4, 0.5) is 4.39 Å². The van der Waals surface area contributed by atoms with Crippen LogP contribution in [-0.2, 0) is 0 Å². The van der Waals surface area contributed by atoms with Crippen LogP contribution in [0.15, 0.2) is 40.8 Å². The molecule has 0 bridgehead atoms. The van der Waals surface area contributed by atoms with Crippen molar-refractivity contribution < 1.29 is 4.39 Å². The summed E-state index contributed by atoms with van der Waals surface area (Å²) < 4.78 is 13.4. The van der Waals surface area contributed by atoms with Crippen molar-refractivity contribution in [3.05, 3.63) is 35.8 Å². The molecule has 0 aromatic carbocycles. The van der Waals surface area contributed by atoms with Crippen LogP contribution in [0.25, 0.3) is 0 Å². The molecule has 0 aliphatic rings. The first-order chi connectivity index (χ1) is 6.58. The van der Waals surface area contributed by atoms with E-state index in [4.69, 9.17) is 5.73 Å². The molecule has 0 aliphatic heterocycles. The highest BCUT2D eigenvalue weighted by Gasteiger charge is 2.10. The van der Waals surface area contributed by atoms with E-state index in [1.54, 1.807) is 6.92 Å². The highest BCUT2D eigenvalue weighted by Crippen LogP contribution is 2.18. The Balaban J connectivity index is 5.34. The Labute approximate surface area is 84.7 Å². The van der Waals surface area contributed by atoms with E-state index in [1.807, 2.05) is 13.8 Å². The molecule has 0 aliphatic carbocycles. The molecule has 0 radical (unpaired) electrons. The second kappa shape index (κ2) is 6.13. The number of amidine groups is 1. The van der Waals surface area contributed by atoms with Crippen molar-refractivity contribution in [1.29, 1.82) is 0 Å². The van der Waals surface area contributed by atoms with Crippen molar-refractivity contribution in [2.45, 2.75) is 27.2 Å². The number of nitrogens with zero attached hydrogens (tertiary/aromatic N) is 1. The monoisotopic (exact) mass is 196 g/mol. The summed E-state index contributed by atoms with van der Waals surface area (Å²) in [6.07, 6.45) is 3.42. The molecule has 0 heterocycles. The Morgan fingerprint density at radius 1 is 1.57 bits per heavy atom. The van der Waals surface area contributed by atoms with Gasteiger partial charge in [0.2, 0.25) is 0 Å². The maximum atomic E-state index is 13.4. The van der Waals surface area contributed by atoms with E-state index >= 15 is 0 Å². The van der Waals surface area contributed by atoms with Gasteiger partial charge in [-0.1, -0.05) is 25.2 Å². The van der Waals surface area contributed by atoms with Crippen molar-refractivity contribution >= 4 is 5.84 Å². The van der Waals surface area contributed by atoms with Gasteiger partial charge in [-0.2, -0.15) is 0 Å². The fourth-order valence-corrected chi connectivity index (χ4v) is 1.03. The zero-order valence-electron chi connectivity index (χ0n) is 8.97. The van der Waals surface area contributed by atoms with Crippen LogP contribution in [0.2, 0.25) is 0 Å². The molecule has 0 aromatic heterocycles. The highest BCUT2D eigenvalue weighted by molar-refractivity contribution is 6.01. The summed E-state index contributed by atoms with van der Waals surface area (Å²) in [6, 6.07) is 0. The molecule has 0 unspecified atom stereocenters. The average molecular weight is 196 g/mol. The maximum Gasteiger partial charge on any atom is 0.133 e. The third-order valence-corrected chi connectivity index (χ3v) is 1.94. The molecule has 2 N–H and O–H groups in total. The molecular formula is C11H17FN2. The molecule has 0 amide bonds. The maximum absolute atomic E-state index is 13.4. The van der Waals surface area contributed by atoms with Crippen molar-refractivity contribution in [3.63, 3.8) is 0 Å². The molecule has 0 rings (SSSR count). The van der Waals surface area contributed by atoms with Gasteiger partial charge in [0.05, 0.1) is 5.57 Å². The van der Waals surface area contributed by atoms with Gasteiger partial charge in [0.25, 0.3) is 0 Å². The van der Waals surface area contributed by atoms with Gasteiger partial charge in [-0.25, -0.2) is 9.38 Å². The van der Waals surface area contributed by atoms with Crippen LogP contribution >= 0.6 is 0 Å². The topological polar surface area (TPSA) is 38.4 Å². The Kier molecular flexibility index (Phi) is 5.53. The first-order valence-electron chi connectivity index (χ1n) is 4.54. The highest BCUT2D eigenvalue weighted by atomic mass is 19.1. The fourth-order valence-electron chi connectivity index (χ4n) is 1.03. The Morgan fingerprint density at radius 3 is 2.50 bits per heavy atom. The van der Waals surface area contributed by atoms with Crippen LogP contribution in [0, 0.1) is 0 Å². The lowest BCUT2D eigenvalue weighted by molar-refractivity contribution is 0.654. The second-order valence-corrected chi connectivity index (χ2v) is 2.84. The van der Waals surface area contributed by atoms with Gasteiger partial charge < -0.3 is 5.73 Å². The molecule has 14 heavy (non-hydrogen) atoms. The minimum absolute atomic E-state index is 0.176. The summed E-state index contributed by atoms with van der Waals surface area (Å²) in [5.74, 6) is -0.164. The lowest BCUT2D eigenvalue weighted by atomic mass is 10.1. The first kappa shape index (κ1) is 12.6. The Morgan fingerprint density at radius 2 is 2.14 bits per heavy atom. The lowest BCUT2D eigenvalue weighted by Crippen LogP contribution is -2.16. The average Bonchev–Trinajstić information content (AvgIpc) is 2.17. The van der Waals surface area contributed by atoms with E-state index in [2.05, 4.69) is 11.6 Å². The van der Waals surface area contributed by atoms with Crippen LogP contribution in [0.3, 0.4) is 0 Å². The molecular weight excluding hydrogens is 179 g/mol. The smallest absolute Gasteiger partial charge is 0.133 e. The van der Waals surface area contributed by atoms with E-state index in [0.29, 0.717) is 5.57 Å². The van der Waals surface area contributed by atoms with Gasteiger partial charge >= 0.3 is 0 Å². The SMILES string of the molecule is C=C\N=C(N)/C(=C(\C)CC)C(/F)=C\C. The molecule has 2 nitrogen and oxygen atoms in total. The number of hydrogen-bond acceptors (Lipinski definition) is 1. The zero-order valence-corrected chi connectivity index (χ0v) is 8.97. The molecule has 3 heteroatoms. The summed E-state index contributed by atoms with van der Waals surface area (Å²) in [5.41, 5.74) is 6.88. The van der Waals surface area contributed by atoms with Crippen molar-refractivity contribution in [2.75, 3.05) is 0 Å². The first-order valence-corrected chi connectivity index (χ1v) is 4.54. The minimum atomic E-state index is -0.340. The summed E-state index contributed by atoms with van der Waals surface area (Å²) in [4.78, 5) is 3.78. The molecule has 0 saturated heterocycles. The minimum Gasteiger partial charge on any atom is -0.383 e. The summed E-state index contributed by atoms with van der Waals surface area (Å²) in [7, 11) is 0. The van der Waals surface area contributed by atoms with Gasteiger partial charge in [-0.3, -0.25) is 0 Å². The number of allylic oxidation sites excluding steroid dienone is 2. The zero-order chi connectivity index (χ0) is 11.1. The normalized spacial score (nSPS) is 15.1. The van der Waals surface area contributed by atoms with Gasteiger partial charge in [0.15, 0.2) is 0 Å². The molecule has 78 valence electrons. The summed E-state index contributed by atoms with van der Waals surface area (Å²) in [6.45, 7) is 8.83. The van der Waals surface area contributed by atoms with Gasteiger partial charge in [0, 0.05) is 6.20 Å². The molecule has 0 atom stereocenters. The van der Waals surface area contributed by atoms with Crippen molar-refractivity contribution in [2.24, 2.45) is 10.7 Å². The number of rotatable bonds is 4. The standard InChI is InChI=1S/C11H17FN2/c1-5-8(4)10(9(12)6-2)11(13)14-7-3/h6-7H,3,5H2,1-2,4H3,(H2,13,14)/b9-6+,10-8+. The van der Waals surface area contributed by atoms with Gasteiger partial charge in [0.1, 0.15) is 11.7 Å². The molecule has 0 spiro atoms. The quantitative estimate of drug-likeness (QED) is 0.419. The fraction of sp³-hybridized carbons (Fsp3) is 0.364. The predicted octanol–water partition coefficient (Wildman–Crippen LogP) is 3.09. The predicted molar refractivity (Wildman–Crippen MR) is 59.7 cm³/mol. The Bertz CT molecular complexity index is 298. The Hall–Kier alpha value is -1.38. The number of aliphatic imine (C=N–C) groups is 1. The second-order valence-electron chi connectivity index (χ2n) is 2.84. The van der Waals surface area contributed by atoms with E-state index < -0.39 is 0 Å². The van der Waals surface area contributed by atoms with Crippen LogP contribution in [0.5, 0.6) is 0 Å². The van der Waals surface area contributed by atoms with Crippen molar-refractivity contribution in [1.82, 2.24) is 0 Å². The van der Waals surface area contributed by atoms with E-state index in [-0.39, 0.29) is 11.7 Å². The number of nitrogens with two attached hydrogens (primary N) is 1. The molecule has 0 saturated carbocycles. The number of hydrogen-bond donors (Lipinski definition) is 1. The number of halogens is 1. The largest absolute Gasteiger partial charge is 0.383 e. The van der Waals surface area contributed by atoms with E-state index in [0.717, 1.165) is 12.0 Å². The summed E-state index contributed by atoms with van der Waals surface area (Å²) in [5, 5.41) is 0. The third-order valence-electron chi connectivity index (χ3n) is 1.94.